The van der Waals surface area contributed by atoms with Gasteiger partial charge in [-0.25, -0.2) is 0 Å². The topological polar surface area (TPSA) is 66.8 Å². The highest BCUT2D eigenvalue weighted by Crippen LogP contribution is 2.07. The molecule has 0 aromatic rings. The summed E-state index contributed by atoms with van der Waals surface area (Å²) >= 11 is 0. The lowest BCUT2D eigenvalue weighted by atomic mass is 10.1. The average Bonchev–Trinajstić information content (AvgIpc) is 2.46. The number of rotatable bonds is 12. The van der Waals surface area contributed by atoms with Gasteiger partial charge in [-0.1, -0.05) is 37.1 Å². The molecule has 4 heteroatoms. The molecule has 0 saturated heterocycles. The van der Waals surface area contributed by atoms with Crippen molar-refractivity contribution in [3.05, 3.63) is 24.3 Å². The number of aliphatic hydroxyl groups is 2. The van der Waals surface area contributed by atoms with Crippen LogP contribution in [0, 0.1) is 0 Å². The first-order chi connectivity index (χ1) is 9.74. The van der Waals surface area contributed by atoms with E-state index in [4.69, 9.17) is 14.9 Å². The van der Waals surface area contributed by atoms with Gasteiger partial charge in [0.1, 0.15) is 6.10 Å². The van der Waals surface area contributed by atoms with Gasteiger partial charge < -0.3 is 14.9 Å². The van der Waals surface area contributed by atoms with E-state index >= 15 is 0 Å². The maximum atomic E-state index is 11.3. The zero-order valence-electron chi connectivity index (χ0n) is 12.5. The summed E-state index contributed by atoms with van der Waals surface area (Å²) < 4.78 is 4.87. The van der Waals surface area contributed by atoms with E-state index in [9.17, 15) is 4.79 Å². The van der Waals surface area contributed by atoms with E-state index in [0.29, 0.717) is 6.42 Å². The Morgan fingerprint density at radius 3 is 2.40 bits per heavy atom. The monoisotopic (exact) mass is 284 g/mol. The second kappa shape index (κ2) is 14.3. The molecule has 0 bridgehead atoms. The second-order valence-corrected chi connectivity index (χ2v) is 4.71. The molecule has 4 nitrogen and oxygen atoms in total. The molecule has 116 valence electrons. The lowest BCUT2D eigenvalue weighted by Gasteiger charge is -2.12. The minimum atomic E-state index is -0.773. The maximum absolute atomic E-state index is 11.3. The van der Waals surface area contributed by atoms with Crippen molar-refractivity contribution >= 4 is 5.97 Å². The fourth-order valence-electron chi connectivity index (χ4n) is 1.69. The summed E-state index contributed by atoms with van der Waals surface area (Å²) in [5.41, 5.74) is 0. The summed E-state index contributed by atoms with van der Waals surface area (Å²) in [4.78, 5) is 11.3. The van der Waals surface area contributed by atoms with Gasteiger partial charge in [0, 0.05) is 6.42 Å². The molecule has 0 radical (unpaired) electrons. The van der Waals surface area contributed by atoms with E-state index in [0.717, 1.165) is 38.5 Å². The first-order valence-electron chi connectivity index (χ1n) is 7.42. The van der Waals surface area contributed by atoms with Gasteiger partial charge in [-0.15, -0.1) is 0 Å². The Morgan fingerprint density at radius 2 is 1.75 bits per heavy atom. The molecular formula is C16H28O4. The minimum absolute atomic E-state index is 0.332. The van der Waals surface area contributed by atoms with Gasteiger partial charge in [-0.05, 0) is 32.6 Å². The van der Waals surface area contributed by atoms with E-state index in [1.165, 1.54) is 0 Å². The molecule has 0 atom stereocenters. The van der Waals surface area contributed by atoms with E-state index in [1.54, 1.807) is 0 Å². The Kier molecular flexibility index (Phi) is 13.5. The Morgan fingerprint density at radius 1 is 1.05 bits per heavy atom. The fourth-order valence-corrected chi connectivity index (χ4v) is 1.69. The molecule has 0 saturated carbocycles. The van der Waals surface area contributed by atoms with Gasteiger partial charge in [0.05, 0.1) is 13.2 Å². The highest BCUT2D eigenvalue weighted by Gasteiger charge is 2.11. The second-order valence-electron chi connectivity index (χ2n) is 4.71. The average molecular weight is 284 g/mol. The predicted molar refractivity (Wildman–Crippen MR) is 80.3 cm³/mol. The molecular weight excluding hydrogens is 256 g/mol. The number of esters is 1. The standard InChI is InChI=1S/C16H28O4/c1-2-3-4-5-6-7-8-9-10-11-12-16(19)20-15(13-17)14-18/h2-3,5-6,15,17-18H,4,7-14H2,1H3/b3-2-,6-5-. The van der Waals surface area contributed by atoms with Crippen molar-refractivity contribution < 1.29 is 19.7 Å². The van der Waals surface area contributed by atoms with Crippen LogP contribution in [0.15, 0.2) is 24.3 Å². The molecule has 0 aromatic heterocycles. The van der Waals surface area contributed by atoms with E-state index in [-0.39, 0.29) is 19.2 Å². The molecule has 2 N–H and O–H groups in total. The van der Waals surface area contributed by atoms with Gasteiger partial charge in [0.15, 0.2) is 0 Å². The van der Waals surface area contributed by atoms with Crippen LogP contribution in [0.4, 0.5) is 0 Å². The van der Waals surface area contributed by atoms with Crippen LogP contribution < -0.4 is 0 Å². The summed E-state index contributed by atoms with van der Waals surface area (Å²) in [6.07, 6.45) is 14.2. The summed E-state index contributed by atoms with van der Waals surface area (Å²) in [7, 11) is 0. The van der Waals surface area contributed by atoms with Gasteiger partial charge in [0.2, 0.25) is 0 Å². The Labute approximate surface area is 122 Å². The quantitative estimate of drug-likeness (QED) is 0.328. The van der Waals surface area contributed by atoms with Gasteiger partial charge in [-0.3, -0.25) is 4.79 Å². The largest absolute Gasteiger partial charge is 0.457 e. The first-order valence-corrected chi connectivity index (χ1v) is 7.42. The van der Waals surface area contributed by atoms with Crippen LogP contribution in [0.2, 0.25) is 0 Å². The third kappa shape index (κ3) is 11.9. The van der Waals surface area contributed by atoms with Crippen LogP contribution in [0.5, 0.6) is 0 Å². The Bertz CT molecular complexity index is 280. The maximum Gasteiger partial charge on any atom is 0.306 e. The van der Waals surface area contributed by atoms with Gasteiger partial charge in [0.25, 0.3) is 0 Å². The van der Waals surface area contributed by atoms with Crippen LogP contribution in [0.1, 0.15) is 51.9 Å². The van der Waals surface area contributed by atoms with Crippen LogP contribution in [0.25, 0.3) is 0 Å². The number of aliphatic hydroxyl groups excluding tert-OH is 2. The molecule has 0 unspecified atom stereocenters. The summed E-state index contributed by atoms with van der Waals surface area (Å²) in [5.74, 6) is -0.343. The van der Waals surface area contributed by atoms with Crippen LogP contribution >= 0.6 is 0 Å². The Hall–Kier alpha value is -1.13. The normalized spacial score (nSPS) is 11.8. The highest BCUT2D eigenvalue weighted by atomic mass is 16.6. The third-order valence-corrected chi connectivity index (χ3v) is 2.88. The minimum Gasteiger partial charge on any atom is -0.457 e. The molecule has 0 heterocycles. The smallest absolute Gasteiger partial charge is 0.306 e. The number of hydrogen-bond acceptors (Lipinski definition) is 4. The molecule has 0 aliphatic rings. The van der Waals surface area contributed by atoms with E-state index in [1.807, 2.05) is 13.0 Å². The van der Waals surface area contributed by atoms with E-state index < -0.39 is 6.10 Å². The van der Waals surface area contributed by atoms with Gasteiger partial charge in [-0.2, -0.15) is 0 Å². The summed E-state index contributed by atoms with van der Waals surface area (Å²) in [6.45, 7) is 1.35. The van der Waals surface area contributed by atoms with Crippen LogP contribution in [0.3, 0.4) is 0 Å². The molecule has 0 aliphatic heterocycles. The van der Waals surface area contributed by atoms with Crippen LogP contribution in [-0.4, -0.2) is 35.5 Å². The predicted octanol–water partition coefficient (Wildman–Crippen LogP) is 2.75. The molecule has 0 rings (SSSR count). The van der Waals surface area contributed by atoms with Crippen molar-refractivity contribution in [1.82, 2.24) is 0 Å². The van der Waals surface area contributed by atoms with Gasteiger partial charge >= 0.3 is 5.97 Å². The van der Waals surface area contributed by atoms with E-state index in [2.05, 4.69) is 18.2 Å². The highest BCUT2D eigenvalue weighted by molar-refractivity contribution is 5.69. The molecule has 0 aromatic carbocycles. The van der Waals surface area contributed by atoms with Crippen molar-refractivity contribution in [2.24, 2.45) is 0 Å². The van der Waals surface area contributed by atoms with Crippen molar-refractivity contribution in [2.75, 3.05) is 13.2 Å². The van der Waals surface area contributed by atoms with Crippen LogP contribution in [-0.2, 0) is 9.53 Å². The lowest BCUT2D eigenvalue weighted by Crippen LogP contribution is -2.25. The van der Waals surface area contributed by atoms with Crippen molar-refractivity contribution in [3.8, 4) is 0 Å². The van der Waals surface area contributed by atoms with Crippen molar-refractivity contribution in [2.45, 2.75) is 58.0 Å². The summed E-state index contributed by atoms with van der Waals surface area (Å²) in [6, 6.07) is 0. The molecule has 0 amide bonds. The SMILES string of the molecule is C/C=C\C/C=C\CCCCCCC(=O)OC(CO)CO. The first kappa shape index (κ1) is 18.9. The molecule has 0 fully saturated rings. The molecule has 0 aliphatic carbocycles. The fraction of sp³-hybridized carbons (Fsp3) is 0.688. The zero-order valence-corrected chi connectivity index (χ0v) is 12.5. The number of carbonyl (C=O) groups is 1. The molecule has 0 spiro atoms. The number of unbranched alkanes of at least 4 members (excludes halogenated alkanes) is 4. The third-order valence-electron chi connectivity index (χ3n) is 2.88. The van der Waals surface area contributed by atoms with Crippen molar-refractivity contribution in [3.63, 3.8) is 0 Å². The molecule has 20 heavy (non-hydrogen) atoms. The zero-order chi connectivity index (χ0) is 15.1. The number of ether oxygens (including phenoxy) is 1. The lowest BCUT2D eigenvalue weighted by molar-refractivity contribution is -0.153. The van der Waals surface area contributed by atoms with Crippen molar-refractivity contribution in [1.29, 1.82) is 0 Å². The number of allylic oxidation sites excluding steroid dienone is 4. The summed E-state index contributed by atoms with van der Waals surface area (Å²) in [5, 5.41) is 17.5. The number of carbonyl (C=O) groups excluding carboxylic acids is 1. The Balaban J connectivity index is 3.39. The number of hydrogen-bond donors (Lipinski definition) is 2.